The lowest BCUT2D eigenvalue weighted by atomic mass is 9.80. The van der Waals surface area contributed by atoms with E-state index in [0.29, 0.717) is 32.4 Å². The normalized spacial score (nSPS) is 19.5. The summed E-state index contributed by atoms with van der Waals surface area (Å²) in [6, 6.07) is 12.1. The predicted molar refractivity (Wildman–Crippen MR) is 101 cm³/mol. The minimum Gasteiger partial charge on any atom is -0.369 e. The first kappa shape index (κ1) is 18.1. The van der Waals surface area contributed by atoms with E-state index in [1.165, 1.54) is 0 Å². The number of pyridine rings is 1. The van der Waals surface area contributed by atoms with E-state index in [1.54, 1.807) is 17.3 Å². The predicted octanol–water partition coefficient (Wildman–Crippen LogP) is 2.80. The molecule has 0 aliphatic carbocycles. The van der Waals surface area contributed by atoms with Crippen LogP contribution in [0.1, 0.15) is 31.7 Å². The summed E-state index contributed by atoms with van der Waals surface area (Å²) in [5, 5.41) is 0. The first-order valence-corrected chi connectivity index (χ1v) is 9.11. The van der Waals surface area contributed by atoms with Gasteiger partial charge >= 0.3 is 0 Å². The van der Waals surface area contributed by atoms with Crippen molar-refractivity contribution in [3.63, 3.8) is 0 Å². The molecule has 1 aromatic heterocycles. The smallest absolute Gasteiger partial charge is 0.225 e. The van der Waals surface area contributed by atoms with Crippen molar-refractivity contribution < 1.29 is 9.59 Å². The van der Waals surface area contributed by atoms with Gasteiger partial charge < -0.3 is 10.6 Å². The number of carbonyl (C=O) groups excluding carboxylic acids is 2. The molecule has 26 heavy (non-hydrogen) atoms. The van der Waals surface area contributed by atoms with Crippen LogP contribution in [-0.2, 0) is 16.0 Å². The van der Waals surface area contributed by atoms with E-state index < -0.39 is 5.41 Å². The van der Waals surface area contributed by atoms with Crippen LogP contribution in [0, 0.1) is 5.41 Å². The SMILES string of the molecule is CCCC(=O)N1CC[C@](Cc2ccc(-c3ccncc3)cc2)(C(N)=O)C1. The molecule has 0 unspecified atom stereocenters. The number of benzene rings is 1. The Morgan fingerprint density at radius 2 is 1.77 bits per heavy atom. The summed E-state index contributed by atoms with van der Waals surface area (Å²) >= 11 is 0. The van der Waals surface area contributed by atoms with Crippen molar-refractivity contribution in [2.75, 3.05) is 13.1 Å². The molecule has 2 N–H and O–H groups in total. The third-order valence-corrected chi connectivity index (χ3v) is 5.20. The molecule has 1 atom stereocenters. The van der Waals surface area contributed by atoms with Crippen molar-refractivity contribution in [3.8, 4) is 11.1 Å². The number of hydrogen-bond donors (Lipinski definition) is 1. The van der Waals surface area contributed by atoms with Crippen LogP contribution in [-0.4, -0.2) is 34.8 Å². The molecule has 1 fully saturated rings. The molecule has 2 amide bonds. The van der Waals surface area contributed by atoms with Gasteiger partial charge in [-0.25, -0.2) is 0 Å². The van der Waals surface area contributed by atoms with Gasteiger partial charge in [-0.3, -0.25) is 14.6 Å². The van der Waals surface area contributed by atoms with Gasteiger partial charge in [0.25, 0.3) is 0 Å². The highest BCUT2D eigenvalue weighted by atomic mass is 16.2. The largest absolute Gasteiger partial charge is 0.369 e. The maximum atomic E-state index is 12.2. The molecule has 0 radical (unpaired) electrons. The van der Waals surface area contributed by atoms with Crippen LogP contribution in [0.15, 0.2) is 48.8 Å². The topological polar surface area (TPSA) is 76.3 Å². The molecule has 5 nitrogen and oxygen atoms in total. The zero-order valence-corrected chi connectivity index (χ0v) is 15.1. The maximum absolute atomic E-state index is 12.2. The third-order valence-electron chi connectivity index (χ3n) is 5.20. The lowest BCUT2D eigenvalue weighted by Crippen LogP contribution is -2.42. The highest BCUT2D eigenvalue weighted by Crippen LogP contribution is 2.35. The van der Waals surface area contributed by atoms with Gasteiger partial charge in [-0.2, -0.15) is 0 Å². The summed E-state index contributed by atoms with van der Waals surface area (Å²) in [4.78, 5) is 30.2. The van der Waals surface area contributed by atoms with Gasteiger partial charge in [0.15, 0.2) is 0 Å². The highest BCUT2D eigenvalue weighted by Gasteiger charge is 2.44. The van der Waals surface area contributed by atoms with Crippen LogP contribution in [0.3, 0.4) is 0 Å². The Balaban J connectivity index is 1.75. The maximum Gasteiger partial charge on any atom is 0.225 e. The minimum absolute atomic E-state index is 0.114. The second kappa shape index (κ2) is 7.68. The Labute approximate surface area is 154 Å². The zero-order valence-electron chi connectivity index (χ0n) is 15.1. The van der Waals surface area contributed by atoms with E-state index >= 15 is 0 Å². The Morgan fingerprint density at radius 1 is 1.12 bits per heavy atom. The molecule has 5 heteroatoms. The summed E-state index contributed by atoms with van der Waals surface area (Å²) in [5.41, 5.74) is 8.36. The van der Waals surface area contributed by atoms with E-state index in [2.05, 4.69) is 4.98 Å². The molecule has 3 rings (SSSR count). The second-order valence-electron chi connectivity index (χ2n) is 7.07. The van der Waals surface area contributed by atoms with E-state index in [1.807, 2.05) is 43.3 Å². The molecule has 136 valence electrons. The molecule has 1 aliphatic heterocycles. The quantitative estimate of drug-likeness (QED) is 0.869. The number of likely N-dealkylation sites (tertiary alicyclic amines) is 1. The Morgan fingerprint density at radius 3 is 2.38 bits per heavy atom. The number of primary amides is 1. The number of carbonyl (C=O) groups is 2. The van der Waals surface area contributed by atoms with Crippen molar-refractivity contribution in [2.24, 2.45) is 11.1 Å². The number of nitrogens with zero attached hydrogens (tertiary/aromatic N) is 2. The molecule has 1 saturated heterocycles. The van der Waals surface area contributed by atoms with Crippen molar-refractivity contribution in [1.29, 1.82) is 0 Å². The highest BCUT2D eigenvalue weighted by molar-refractivity contribution is 5.84. The number of aromatic nitrogens is 1. The molecule has 0 saturated carbocycles. The van der Waals surface area contributed by atoms with Crippen LogP contribution in [0.2, 0.25) is 0 Å². The standard InChI is InChI=1S/C21H25N3O2/c1-2-3-19(25)24-13-10-21(15-24,20(22)26)14-16-4-6-17(7-5-16)18-8-11-23-12-9-18/h4-9,11-12H,2-3,10,13-15H2,1H3,(H2,22,26)/t21-/m1/s1. The monoisotopic (exact) mass is 351 g/mol. The molecule has 2 heterocycles. The zero-order chi connectivity index (χ0) is 18.6. The van der Waals surface area contributed by atoms with E-state index in [0.717, 1.165) is 23.1 Å². The van der Waals surface area contributed by atoms with Crippen LogP contribution in [0.5, 0.6) is 0 Å². The van der Waals surface area contributed by atoms with E-state index in [-0.39, 0.29) is 11.8 Å². The molecular formula is C21H25N3O2. The van der Waals surface area contributed by atoms with E-state index in [9.17, 15) is 9.59 Å². The van der Waals surface area contributed by atoms with Crippen molar-refractivity contribution in [1.82, 2.24) is 9.88 Å². The molecule has 0 bridgehead atoms. The van der Waals surface area contributed by atoms with Gasteiger partial charge in [-0.05, 0) is 48.1 Å². The average molecular weight is 351 g/mol. The number of rotatable bonds is 6. The van der Waals surface area contributed by atoms with Gasteiger partial charge in [0.1, 0.15) is 0 Å². The molecule has 1 aromatic carbocycles. The lowest BCUT2D eigenvalue weighted by molar-refractivity contribution is -0.132. The Kier molecular flexibility index (Phi) is 5.35. The fourth-order valence-corrected chi connectivity index (χ4v) is 3.64. The summed E-state index contributed by atoms with van der Waals surface area (Å²) in [7, 11) is 0. The van der Waals surface area contributed by atoms with Gasteiger partial charge in [0, 0.05) is 31.9 Å². The average Bonchev–Trinajstić information content (AvgIpc) is 3.09. The molecule has 1 aliphatic rings. The molecular weight excluding hydrogens is 326 g/mol. The Bertz CT molecular complexity index is 774. The first-order chi connectivity index (χ1) is 12.5. The van der Waals surface area contributed by atoms with Crippen LogP contribution in [0.25, 0.3) is 11.1 Å². The summed E-state index contributed by atoms with van der Waals surface area (Å²) in [6.45, 7) is 3.02. The van der Waals surface area contributed by atoms with Gasteiger partial charge in [0.2, 0.25) is 11.8 Å². The Hall–Kier alpha value is -2.69. The fourth-order valence-electron chi connectivity index (χ4n) is 3.64. The number of hydrogen-bond acceptors (Lipinski definition) is 3. The van der Waals surface area contributed by atoms with Crippen molar-refractivity contribution in [2.45, 2.75) is 32.6 Å². The van der Waals surface area contributed by atoms with Crippen molar-refractivity contribution >= 4 is 11.8 Å². The summed E-state index contributed by atoms with van der Waals surface area (Å²) in [5.74, 6) is -0.203. The number of nitrogens with two attached hydrogens (primary N) is 1. The van der Waals surface area contributed by atoms with Crippen LogP contribution in [0.4, 0.5) is 0 Å². The van der Waals surface area contributed by atoms with Crippen LogP contribution >= 0.6 is 0 Å². The minimum atomic E-state index is -0.665. The molecule has 0 spiro atoms. The number of amides is 2. The van der Waals surface area contributed by atoms with Gasteiger partial charge in [-0.15, -0.1) is 0 Å². The van der Waals surface area contributed by atoms with E-state index in [4.69, 9.17) is 5.73 Å². The van der Waals surface area contributed by atoms with Crippen LogP contribution < -0.4 is 5.73 Å². The fraction of sp³-hybridized carbons (Fsp3) is 0.381. The van der Waals surface area contributed by atoms with Crippen molar-refractivity contribution in [3.05, 3.63) is 54.4 Å². The summed E-state index contributed by atoms with van der Waals surface area (Å²) < 4.78 is 0. The van der Waals surface area contributed by atoms with Gasteiger partial charge in [0.05, 0.1) is 5.41 Å². The molecule has 2 aromatic rings. The second-order valence-corrected chi connectivity index (χ2v) is 7.07. The summed E-state index contributed by atoms with van der Waals surface area (Å²) in [6.07, 6.45) is 6.07. The van der Waals surface area contributed by atoms with Gasteiger partial charge in [-0.1, -0.05) is 31.2 Å². The third kappa shape index (κ3) is 3.77. The lowest BCUT2D eigenvalue weighted by Gasteiger charge is -2.26. The first-order valence-electron chi connectivity index (χ1n) is 9.11.